The van der Waals surface area contributed by atoms with Crippen LogP contribution in [0.1, 0.15) is 162 Å². The summed E-state index contributed by atoms with van der Waals surface area (Å²) in [7, 11) is 1.32. The number of phosphoric acid groups is 1. The molecule has 0 fully saturated rings. The van der Waals surface area contributed by atoms with E-state index in [1.807, 2.05) is 21.1 Å². The van der Waals surface area contributed by atoms with Crippen LogP contribution < -0.4 is 4.89 Å². The lowest BCUT2D eigenvalue weighted by molar-refractivity contribution is -0.870. The van der Waals surface area contributed by atoms with Crippen LogP contribution in [0.15, 0.2) is 48.6 Å². The lowest BCUT2D eigenvalue weighted by Gasteiger charge is -2.28. The maximum Gasteiger partial charge on any atom is 0.306 e. The highest BCUT2D eigenvalue weighted by atomic mass is 31.2. The summed E-state index contributed by atoms with van der Waals surface area (Å²) < 4.78 is 34.4. The molecule has 0 aliphatic heterocycles. The molecule has 2 unspecified atom stereocenters. The Hall–Kier alpha value is -1.54. The molecule has 0 aliphatic carbocycles. The molecule has 52 heavy (non-hydrogen) atoms. The highest BCUT2D eigenvalue weighted by molar-refractivity contribution is 7.45. The van der Waals surface area contributed by atoms with Crippen molar-refractivity contribution >= 4 is 13.8 Å². The molecule has 0 saturated heterocycles. The summed E-state index contributed by atoms with van der Waals surface area (Å²) >= 11 is 0. The molecule has 0 aromatic rings. The number of phosphoric ester groups is 1. The Bertz CT molecular complexity index is 973. The van der Waals surface area contributed by atoms with Gasteiger partial charge in [-0.1, -0.05) is 159 Å². The molecule has 0 rings (SSSR count). The number of hydrogen-bond donors (Lipinski definition) is 0. The van der Waals surface area contributed by atoms with Crippen LogP contribution in [-0.4, -0.2) is 70.7 Å². The van der Waals surface area contributed by atoms with E-state index >= 15 is 0 Å². The Labute approximate surface area is 320 Å². The molecule has 8 nitrogen and oxygen atoms in total. The van der Waals surface area contributed by atoms with E-state index in [0.717, 1.165) is 57.8 Å². The van der Waals surface area contributed by atoms with Crippen molar-refractivity contribution in [3.63, 3.8) is 0 Å². The maximum atomic E-state index is 12.6. The lowest BCUT2D eigenvalue weighted by atomic mass is 10.0. The number of allylic oxidation sites excluding steroid dienone is 8. The molecule has 0 bridgehead atoms. The van der Waals surface area contributed by atoms with Crippen molar-refractivity contribution in [3.05, 3.63) is 48.6 Å². The molecule has 0 N–H and O–H groups in total. The minimum Gasteiger partial charge on any atom is -0.756 e. The molecule has 2 atom stereocenters. The molecular formula is C43H80NO7P. The average molecular weight is 754 g/mol. The van der Waals surface area contributed by atoms with Crippen LogP contribution in [0, 0.1) is 0 Å². The smallest absolute Gasteiger partial charge is 0.306 e. The third kappa shape index (κ3) is 39.7. The summed E-state index contributed by atoms with van der Waals surface area (Å²) in [5.74, 6) is -0.353. The van der Waals surface area contributed by atoms with E-state index in [1.165, 1.54) is 83.5 Å². The number of likely N-dealkylation sites (N-methyl/N-ethyl adjacent to an activating group) is 1. The number of unbranched alkanes of at least 4 members (excludes halogenated alkanes) is 16. The fraction of sp³-hybridized carbons (Fsp3) is 0.791. The van der Waals surface area contributed by atoms with Crippen molar-refractivity contribution in [3.8, 4) is 0 Å². The Morgan fingerprint density at radius 1 is 0.615 bits per heavy atom. The predicted octanol–water partition coefficient (Wildman–Crippen LogP) is 11.4. The summed E-state index contributed by atoms with van der Waals surface area (Å²) in [6.07, 6.45) is 42.8. The van der Waals surface area contributed by atoms with Gasteiger partial charge in [-0.05, 0) is 44.9 Å². The van der Waals surface area contributed by atoms with Crippen molar-refractivity contribution < 1.29 is 37.3 Å². The van der Waals surface area contributed by atoms with Crippen LogP contribution >= 0.6 is 7.82 Å². The second-order valence-corrected chi connectivity index (χ2v) is 16.4. The van der Waals surface area contributed by atoms with Gasteiger partial charge in [0.15, 0.2) is 0 Å². The summed E-state index contributed by atoms with van der Waals surface area (Å²) in [5, 5.41) is 0. The second kappa shape index (κ2) is 36.4. The van der Waals surface area contributed by atoms with Crippen LogP contribution in [0.5, 0.6) is 0 Å². The van der Waals surface area contributed by atoms with Crippen LogP contribution in [0.25, 0.3) is 0 Å². The Balaban J connectivity index is 4.33. The van der Waals surface area contributed by atoms with Crippen molar-refractivity contribution in [2.75, 3.05) is 54.1 Å². The molecular weight excluding hydrogens is 673 g/mol. The number of hydrogen-bond acceptors (Lipinski definition) is 7. The van der Waals surface area contributed by atoms with Crippen molar-refractivity contribution in [2.24, 2.45) is 0 Å². The van der Waals surface area contributed by atoms with Gasteiger partial charge >= 0.3 is 5.97 Å². The first-order chi connectivity index (χ1) is 25.1. The quantitative estimate of drug-likeness (QED) is 0.0204. The standard InChI is InChI=1S/C43H80NO7P/c1-6-8-10-12-14-16-18-20-22-23-24-26-28-30-32-34-36-43(45)51-42(41-50-52(46,47)49-39-37-44(3,4)5)40-48-38-35-33-31-29-27-25-21-19-17-15-13-11-9-7-2/h9,11,15,17,21,25,29,31,42H,6-8,10,12-14,16,18-20,22-24,26-28,30,32-41H2,1-5H3/b11-9-,17-15-,25-21-,31-29-. The predicted molar refractivity (Wildman–Crippen MR) is 217 cm³/mol. The van der Waals surface area contributed by atoms with Crippen LogP contribution in [0.3, 0.4) is 0 Å². The van der Waals surface area contributed by atoms with E-state index in [4.69, 9.17) is 18.5 Å². The number of ether oxygens (including phenoxy) is 2. The molecule has 0 saturated carbocycles. The Morgan fingerprint density at radius 2 is 1.10 bits per heavy atom. The second-order valence-electron chi connectivity index (χ2n) is 15.0. The molecule has 304 valence electrons. The van der Waals surface area contributed by atoms with Gasteiger partial charge in [-0.2, -0.15) is 0 Å². The number of quaternary nitrogens is 1. The van der Waals surface area contributed by atoms with Gasteiger partial charge < -0.3 is 27.9 Å². The Kier molecular flexibility index (Phi) is 35.4. The topological polar surface area (TPSA) is 94.1 Å². The molecule has 0 radical (unpaired) electrons. The van der Waals surface area contributed by atoms with Crippen LogP contribution in [0.2, 0.25) is 0 Å². The molecule has 0 spiro atoms. The zero-order chi connectivity index (χ0) is 38.4. The molecule has 0 aromatic heterocycles. The van der Waals surface area contributed by atoms with Crippen LogP contribution in [0.4, 0.5) is 0 Å². The van der Waals surface area contributed by atoms with Gasteiger partial charge in [0.05, 0.1) is 34.4 Å². The van der Waals surface area contributed by atoms with Crippen molar-refractivity contribution in [1.82, 2.24) is 0 Å². The summed E-state index contributed by atoms with van der Waals surface area (Å²) in [6, 6.07) is 0. The van der Waals surface area contributed by atoms with E-state index in [2.05, 4.69) is 62.5 Å². The zero-order valence-corrected chi connectivity index (χ0v) is 35.1. The van der Waals surface area contributed by atoms with Crippen molar-refractivity contribution in [2.45, 2.75) is 168 Å². The first kappa shape index (κ1) is 50.5. The summed E-state index contributed by atoms with van der Waals surface area (Å²) in [4.78, 5) is 25.0. The maximum absolute atomic E-state index is 12.6. The third-order valence-electron chi connectivity index (χ3n) is 8.64. The van der Waals surface area contributed by atoms with E-state index in [1.54, 1.807) is 0 Å². The highest BCUT2D eigenvalue weighted by Crippen LogP contribution is 2.38. The first-order valence-electron chi connectivity index (χ1n) is 20.9. The summed E-state index contributed by atoms with van der Waals surface area (Å²) in [6.45, 7) is 5.15. The minimum atomic E-state index is -4.53. The van der Waals surface area contributed by atoms with Gasteiger partial charge in [0.25, 0.3) is 7.82 Å². The molecule has 0 aromatic carbocycles. The number of rotatable bonds is 38. The third-order valence-corrected chi connectivity index (χ3v) is 9.61. The van der Waals surface area contributed by atoms with E-state index in [-0.39, 0.29) is 25.8 Å². The highest BCUT2D eigenvalue weighted by Gasteiger charge is 2.20. The molecule has 0 aliphatic rings. The van der Waals surface area contributed by atoms with Gasteiger partial charge in [-0.3, -0.25) is 9.36 Å². The monoisotopic (exact) mass is 754 g/mol. The van der Waals surface area contributed by atoms with E-state index < -0.39 is 13.9 Å². The Morgan fingerprint density at radius 3 is 1.60 bits per heavy atom. The van der Waals surface area contributed by atoms with Gasteiger partial charge in [0.1, 0.15) is 19.3 Å². The van der Waals surface area contributed by atoms with Crippen LogP contribution in [-0.2, 0) is 27.9 Å². The largest absolute Gasteiger partial charge is 0.756 e. The molecule has 0 amide bonds. The van der Waals surface area contributed by atoms with Gasteiger partial charge in [0.2, 0.25) is 0 Å². The van der Waals surface area contributed by atoms with Gasteiger partial charge in [-0.25, -0.2) is 0 Å². The zero-order valence-electron chi connectivity index (χ0n) is 34.2. The molecule has 9 heteroatoms. The fourth-order valence-electron chi connectivity index (χ4n) is 5.43. The van der Waals surface area contributed by atoms with Crippen molar-refractivity contribution in [1.29, 1.82) is 0 Å². The number of esters is 1. The molecule has 0 heterocycles. The van der Waals surface area contributed by atoms with E-state index in [9.17, 15) is 14.3 Å². The number of carbonyl (C=O) groups is 1. The SMILES string of the molecule is CC/C=C\C/C=C\C/C=C\C/C=C\CCCOCC(COP(=O)([O-])OCC[N+](C)(C)C)OC(=O)CCCCCCCCCCCCCCCCCC. The van der Waals surface area contributed by atoms with E-state index in [0.29, 0.717) is 24.1 Å². The normalized spacial score (nSPS) is 14.3. The minimum absolute atomic E-state index is 0.0157. The first-order valence-corrected chi connectivity index (χ1v) is 22.3. The number of nitrogens with zero attached hydrogens (tertiary/aromatic N) is 1. The summed E-state index contributed by atoms with van der Waals surface area (Å²) in [5.41, 5.74) is 0. The lowest BCUT2D eigenvalue weighted by Crippen LogP contribution is -2.37. The van der Waals surface area contributed by atoms with Gasteiger partial charge in [0, 0.05) is 13.0 Å². The van der Waals surface area contributed by atoms with Gasteiger partial charge in [-0.15, -0.1) is 0 Å². The number of carbonyl (C=O) groups excluding carboxylic acids is 1. The fourth-order valence-corrected chi connectivity index (χ4v) is 6.16. The average Bonchev–Trinajstić information content (AvgIpc) is 3.09.